The van der Waals surface area contributed by atoms with E-state index >= 15 is 0 Å². The Kier molecular flexibility index (Phi) is 7.51. The fourth-order valence-electron chi connectivity index (χ4n) is 1.53. The molecular weight excluding hydrogens is 276 g/mol. The smallest absolute Gasteiger partial charge is 0.196 e. The van der Waals surface area contributed by atoms with Crippen LogP contribution in [0.25, 0.3) is 12.2 Å². The number of phenolic OH excluding ortho intramolecular Hbond substituents is 1. The van der Waals surface area contributed by atoms with E-state index in [0.717, 1.165) is 16.9 Å². The lowest BCUT2D eigenvalue weighted by atomic mass is 10.2. The second kappa shape index (κ2) is 9.42. The molecule has 0 heterocycles. The maximum Gasteiger partial charge on any atom is 0.196 e. The number of benzene rings is 2. The Morgan fingerprint density at radius 2 is 1.36 bits per heavy atom. The molecule has 2 aromatic carbocycles. The molecule has 1 unspecified atom stereocenters. The molecule has 0 amide bonds. The van der Waals surface area contributed by atoms with E-state index in [1.807, 2.05) is 43.3 Å². The first-order chi connectivity index (χ1) is 10.6. The second-order valence-corrected chi connectivity index (χ2v) is 4.49. The SMILES string of the molecule is C=Cc1ccc(O)cc1.C=Cc1ccc(OC(C)OC)cc1. The maximum absolute atomic E-state index is 8.82. The summed E-state index contributed by atoms with van der Waals surface area (Å²) in [5, 5.41) is 8.82. The molecule has 2 aromatic rings. The summed E-state index contributed by atoms with van der Waals surface area (Å²) in [6, 6.07) is 14.6. The van der Waals surface area contributed by atoms with Gasteiger partial charge in [-0.3, -0.25) is 0 Å². The van der Waals surface area contributed by atoms with Gasteiger partial charge in [-0.25, -0.2) is 0 Å². The minimum Gasteiger partial charge on any atom is -0.508 e. The molecule has 0 aromatic heterocycles. The van der Waals surface area contributed by atoms with Crippen LogP contribution in [0.5, 0.6) is 11.5 Å². The average Bonchev–Trinajstić information content (AvgIpc) is 2.57. The van der Waals surface area contributed by atoms with E-state index in [1.165, 1.54) is 0 Å². The summed E-state index contributed by atoms with van der Waals surface area (Å²) in [7, 11) is 1.61. The van der Waals surface area contributed by atoms with Gasteiger partial charge < -0.3 is 14.6 Å². The van der Waals surface area contributed by atoms with Crippen molar-refractivity contribution in [2.45, 2.75) is 13.2 Å². The number of aromatic hydroxyl groups is 1. The number of hydrogen-bond donors (Lipinski definition) is 1. The van der Waals surface area contributed by atoms with Crippen molar-refractivity contribution < 1.29 is 14.6 Å². The molecule has 22 heavy (non-hydrogen) atoms. The maximum atomic E-state index is 8.82. The molecule has 1 atom stereocenters. The molecule has 2 rings (SSSR count). The van der Waals surface area contributed by atoms with Crippen molar-refractivity contribution in [2.75, 3.05) is 7.11 Å². The summed E-state index contributed by atoms with van der Waals surface area (Å²) in [6.45, 7) is 9.10. The van der Waals surface area contributed by atoms with E-state index in [0.29, 0.717) is 5.75 Å². The highest BCUT2D eigenvalue weighted by Crippen LogP contribution is 2.14. The molecule has 0 bridgehead atoms. The van der Waals surface area contributed by atoms with E-state index in [1.54, 1.807) is 31.4 Å². The first-order valence-electron chi connectivity index (χ1n) is 6.92. The van der Waals surface area contributed by atoms with Crippen LogP contribution in [-0.4, -0.2) is 18.5 Å². The predicted molar refractivity (Wildman–Crippen MR) is 91.8 cm³/mol. The van der Waals surface area contributed by atoms with Crippen LogP contribution in [0.2, 0.25) is 0 Å². The van der Waals surface area contributed by atoms with Crippen molar-refractivity contribution in [3.63, 3.8) is 0 Å². The molecule has 3 nitrogen and oxygen atoms in total. The average molecular weight is 298 g/mol. The topological polar surface area (TPSA) is 38.7 Å². The van der Waals surface area contributed by atoms with Crippen molar-refractivity contribution in [3.05, 3.63) is 72.8 Å². The summed E-state index contributed by atoms with van der Waals surface area (Å²) < 4.78 is 10.4. The Bertz CT molecular complexity index is 571. The van der Waals surface area contributed by atoms with Crippen LogP contribution in [0.1, 0.15) is 18.1 Å². The summed E-state index contributed by atoms with van der Waals surface area (Å²) in [4.78, 5) is 0. The standard InChI is InChI=1S/C11H14O2.C8H8O/c1-4-10-5-7-11(8-6-10)13-9(2)12-3;1-2-7-3-5-8(9)6-4-7/h4-9H,1H2,2-3H3;2-6,9H,1H2. The molecule has 3 heteroatoms. The molecule has 0 aliphatic rings. The van der Waals surface area contributed by atoms with Crippen LogP contribution in [0.15, 0.2) is 61.7 Å². The minimum absolute atomic E-state index is 0.213. The van der Waals surface area contributed by atoms with Gasteiger partial charge in [0, 0.05) is 7.11 Å². The number of ether oxygens (including phenoxy) is 2. The van der Waals surface area contributed by atoms with E-state index in [4.69, 9.17) is 14.6 Å². The quantitative estimate of drug-likeness (QED) is 0.811. The van der Waals surface area contributed by atoms with Crippen LogP contribution < -0.4 is 4.74 Å². The van der Waals surface area contributed by atoms with E-state index in [-0.39, 0.29) is 6.29 Å². The molecule has 0 spiro atoms. The number of methoxy groups -OCH3 is 1. The largest absolute Gasteiger partial charge is 0.508 e. The van der Waals surface area contributed by atoms with Crippen molar-refractivity contribution >= 4 is 12.2 Å². The van der Waals surface area contributed by atoms with Crippen molar-refractivity contribution in [2.24, 2.45) is 0 Å². The Balaban J connectivity index is 0.000000235. The number of hydrogen-bond acceptors (Lipinski definition) is 3. The van der Waals surface area contributed by atoms with Gasteiger partial charge in [-0.15, -0.1) is 0 Å². The molecular formula is C19H22O3. The zero-order chi connectivity index (χ0) is 16.4. The molecule has 0 saturated heterocycles. The third-order valence-electron chi connectivity index (χ3n) is 2.88. The zero-order valence-corrected chi connectivity index (χ0v) is 13.0. The van der Waals surface area contributed by atoms with Crippen molar-refractivity contribution in [3.8, 4) is 11.5 Å². The third kappa shape index (κ3) is 6.29. The van der Waals surface area contributed by atoms with Gasteiger partial charge in [-0.1, -0.05) is 49.6 Å². The lowest BCUT2D eigenvalue weighted by Crippen LogP contribution is -2.13. The molecule has 0 radical (unpaired) electrons. The zero-order valence-electron chi connectivity index (χ0n) is 13.0. The minimum atomic E-state index is -0.213. The Hall–Kier alpha value is -2.52. The van der Waals surface area contributed by atoms with Gasteiger partial charge in [-0.05, 0) is 42.3 Å². The molecule has 0 saturated carbocycles. The highest BCUT2D eigenvalue weighted by Gasteiger charge is 1.99. The Labute approximate surface area is 132 Å². The van der Waals surface area contributed by atoms with Gasteiger partial charge in [-0.2, -0.15) is 0 Å². The number of phenols is 1. The Morgan fingerprint density at radius 3 is 1.77 bits per heavy atom. The summed E-state index contributed by atoms with van der Waals surface area (Å²) >= 11 is 0. The van der Waals surface area contributed by atoms with Crippen LogP contribution in [0, 0.1) is 0 Å². The van der Waals surface area contributed by atoms with Crippen LogP contribution in [0.3, 0.4) is 0 Å². The monoisotopic (exact) mass is 298 g/mol. The summed E-state index contributed by atoms with van der Waals surface area (Å²) in [5.41, 5.74) is 2.10. The highest BCUT2D eigenvalue weighted by molar-refractivity contribution is 5.48. The van der Waals surface area contributed by atoms with Gasteiger partial charge in [0.2, 0.25) is 0 Å². The van der Waals surface area contributed by atoms with Gasteiger partial charge >= 0.3 is 0 Å². The number of rotatable bonds is 5. The van der Waals surface area contributed by atoms with Crippen molar-refractivity contribution in [1.29, 1.82) is 0 Å². The Morgan fingerprint density at radius 1 is 0.909 bits per heavy atom. The van der Waals surface area contributed by atoms with Gasteiger partial charge in [0.1, 0.15) is 11.5 Å². The third-order valence-corrected chi connectivity index (χ3v) is 2.88. The van der Waals surface area contributed by atoms with Gasteiger partial charge in [0.15, 0.2) is 6.29 Å². The first kappa shape index (κ1) is 17.5. The fourth-order valence-corrected chi connectivity index (χ4v) is 1.53. The summed E-state index contributed by atoms with van der Waals surface area (Å²) in [5.74, 6) is 1.10. The molecule has 0 aliphatic heterocycles. The first-order valence-corrected chi connectivity index (χ1v) is 6.92. The van der Waals surface area contributed by atoms with Crippen LogP contribution in [-0.2, 0) is 4.74 Å². The van der Waals surface area contributed by atoms with E-state index < -0.39 is 0 Å². The predicted octanol–water partition coefficient (Wildman–Crippen LogP) is 4.74. The molecule has 0 aliphatic carbocycles. The normalized spacial score (nSPS) is 10.8. The lowest BCUT2D eigenvalue weighted by Gasteiger charge is -2.12. The van der Waals surface area contributed by atoms with Gasteiger partial charge in [0.25, 0.3) is 0 Å². The second-order valence-electron chi connectivity index (χ2n) is 4.49. The van der Waals surface area contributed by atoms with Crippen LogP contribution >= 0.6 is 0 Å². The fraction of sp³-hybridized carbons (Fsp3) is 0.158. The lowest BCUT2D eigenvalue weighted by molar-refractivity contribution is -0.0382. The molecule has 116 valence electrons. The summed E-state index contributed by atoms with van der Waals surface area (Å²) in [6.07, 6.45) is 3.32. The van der Waals surface area contributed by atoms with E-state index in [9.17, 15) is 0 Å². The van der Waals surface area contributed by atoms with Crippen molar-refractivity contribution in [1.82, 2.24) is 0 Å². The van der Waals surface area contributed by atoms with E-state index in [2.05, 4.69) is 13.2 Å². The van der Waals surface area contributed by atoms with Gasteiger partial charge in [0.05, 0.1) is 0 Å². The molecule has 1 N–H and O–H groups in total. The van der Waals surface area contributed by atoms with Crippen LogP contribution in [0.4, 0.5) is 0 Å². The molecule has 0 fully saturated rings. The highest BCUT2D eigenvalue weighted by atomic mass is 16.7.